The first kappa shape index (κ1) is 20.4. The van der Waals surface area contributed by atoms with E-state index >= 15 is 0 Å². The third-order valence-corrected chi connectivity index (χ3v) is 4.86. The molecule has 1 amide bonds. The first-order valence-corrected chi connectivity index (χ1v) is 8.99. The van der Waals surface area contributed by atoms with Gasteiger partial charge in [-0.1, -0.05) is 19.8 Å². The summed E-state index contributed by atoms with van der Waals surface area (Å²) in [4.78, 5) is 34.7. The van der Waals surface area contributed by atoms with Gasteiger partial charge >= 0.3 is 5.97 Å². The Morgan fingerprint density at radius 3 is 2.74 bits per heavy atom. The summed E-state index contributed by atoms with van der Waals surface area (Å²) < 4.78 is 1.61. The molecule has 0 spiro atoms. The zero-order valence-electron chi connectivity index (χ0n) is 14.8. The number of carboxylic acids is 1. The maximum absolute atomic E-state index is 12.3. The molecule has 144 valence electrons. The molecule has 10 nitrogen and oxygen atoms in total. The molecule has 0 saturated carbocycles. The third kappa shape index (κ3) is 5.26. The van der Waals surface area contributed by atoms with Crippen molar-refractivity contribution in [3.8, 4) is 0 Å². The molecule has 0 aliphatic carbocycles. The minimum absolute atomic E-state index is 0.0202. The molecule has 0 aliphatic heterocycles. The van der Waals surface area contributed by atoms with Gasteiger partial charge in [0, 0.05) is 18.7 Å². The van der Waals surface area contributed by atoms with Gasteiger partial charge in [0.25, 0.3) is 11.6 Å². The molecule has 11 heteroatoms. The molecule has 1 aromatic heterocycles. The summed E-state index contributed by atoms with van der Waals surface area (Å²) in [5.41, 5.74) is -0.247. The molecule has 27 heavy (non-hydrogen) atoms. The highest BCUT2D eigenvalue weighted by Crippen LogP contribution is 2.34. The molecule has 2 N–H and O–H groups in total. The Kier molecular flexibility index (Phi) is 6.88. The van der Waals surface area contributed by atoms with Crippen LogP contribution in [0.4, 0.5) is 5.69 Å². The van der Waals surface area contributed by atoms with E-state index < -0.39 is 22.8 Å². The van der Waals surface area contributed by atoms with Crippen molar-refractivity contribution in [3.05, 3.63) is 40.2 Å². The lowest BCUT2D eigenvalue weighted by atomic mass is 10.1. The first-order chi connectivity index (χ1) is 12.8. The summed E-state index contributed by atoms with van der Waals surface area (Å²) in [6.07, 6.45) is 3.20. The number of amides is 1. The highest BCUT2D eigenvalue weighted by atomic mass is 32.2. The van der Waals surface area contributed by atoms with Crippen LogP contribution >= 0.6 is 11.8 Å². The highest BCUT2D eigenvalue weighted by molar-refractivity contribution is 7.99. The maximum Gasteiger partial charge on any atom is 0.326 e. The van der Waals surface area contributed by atoms with Gasteiger partial charge in [0.2, 0.25) is 0 Å². The van der Waals surface area contributed by atoms with Crippen molar-refractivity contribution < 1.29 is 19.6 Å². The Bertz CT molecular complexity index is 853. The number of hydrogen-bond acceptors (Lipinski definition) is 7. The van der Waals surface area contributed by atoms with Crippen molar-refractivity contribution in [2.75, 3.05) is 0 Å². The van der Waals surface area contributed by atoms with Gasteiger partial charge in [-0.15, -0.1) is 10.2 Å². The number of aromatic nitrogens is 3. The van der Waals surface area contributed by atoms with Crippen LogP contribution in [0.15, 0.2) is 34.6 Å². The number of carbonyl (C=O) groups excluding carboxylic acids is 1. The van der Waals surface area contributed by atoms with E-state index in [4.69, 9.17) is 0 Å². The topological polar surface area (TPSA) is 140 Å². The van der Waals surface area contributed by atoms with Gasteiger partial charge in [-0.25, -0.2) is 4.79 Å². The summed E-state index contributed by atoms with van der Waals surface area (Å²) in [5.74, 6) is -1.81. The number of aryl methyl sites for hydroxylation is 1. The fraction of sp³-hybridized carbons (Fsp3) is 0.375. The van der Waals surface area contributed by atoms with Gasteiger partial charge in [-0.3, -0.25) is 14.9 Å². The average molecular weight is 393 g/mol. The molecule has 1 heterocycles. The number of hydrogen-bond donors (Lipinski definition) is 2. The molecule has 0 radical (unpaired) electrons. The Balaban J connectivity index is 2.23. The van der Waals surface area contributed by atoms with E-state index in [0.29, 0.717) is 22.9 Å². The second-order valence-corrected chi connectivity index (χ2v) is 6.78. The minimum Gasteiger partial charge on any atom is -0.480 e. The van der Waals surface area contributed by atoms with Crippen LogP contribution < -0.4 is 5.32 Å². The molecule has 0 bridgehead atoms. The smallest absolute Gasteiger partial charge is 0.326 e. The van der Waals surface area contributed by atoms with Crippen LogP contribution in [-0.2, 0) is 11.8 Å². The quantitative estimate of drug-likeness (QED) is 0.488. The lowest BCUT2D eigenvalue weighted by molar-refractivity contribution is -0.387. The Morgan fingerprint density at radius 1 is 1.44 bits per heavy atom. The molecule has 0 aliphatic rings. The predicted molar refractivity (Wildman–Crippen MR) is 96.6 cm³/mol. The van der Waals surface area contributed by atoms with Crippen LogP contribution in [0, 0.1) is 10.1 Å². The molecule has 1 atom stereocenters. The SMILES string of the molecule is CCCCC(NC(=O)c1ccc(Sc2nncn2C)c([N+](=O)[O-])c1)C(=O)O. The minimum atomic E-state index is -1.14. The van der Waals surface area contributed by atoms with Crippen LogP contribution in [0.1, 0.15) is 36.5 Å². The maximum atomic E-state index is 12.3. The number of unbranched alkanes of at least 4 members (excludes halogenated alkanes) is 1. The molecule has 2 aromatic rings. The average Bonchev–Trinajstić information content (AvgIpc) is 3.03. The molecule has 1 aromatic carbocycles. The number of aliphatic carboxylic acids is 1. The van der Waals surface area contributed by atoms with Crippen molar-refractivity contribution in [2.45, 2.75) is 42.3 Å². The number of benzene rings is 1. The normalized spacial score (nSPS) is 11.8. The number of nitro benzene ring substituents is 1. The van der Waals surface area contributed by atoms with E-state index in [1.54, 1.807) is 11.6 Å². The van der Waals surface area contributed by atoms with Crippen LogP contribution in [0.3, 0.4) is 0 Å². The standard InChI is InChI=1S/C16H19N5O5S/c1-3-4-5-11(15(23)24)18-14(22)10-6-7-13(12(8-10)21(25)26)27-16-19-17-9-20(16)2/h6-9,11H,3-5H2,1-2H3,(H,18,22)(H,23,24). The van der Waals surface area contributed by atoms with Gasteiger partial charge < -0.3 is 15.0 Å². The zero-order valence-corrected chi connectivity index (χ0v) is 15.6. The van der Waals surface area contributed by atoms with Crippen molar-refractivity contribution in [3.63, 3.8) is 0 Å². The number of nitrogens with zero attached hydrogens (tertiary/aromatic N) is 4. The van der Waals surface area contributed by atoms with Gasteiger partial charge in [0.05, 0.1) is 9.82 Å². The second-order valence-electron chi connectivity index (χ2n) is 5.77. The van der Waals surface area contributed by atoms with E-state index in [0.717, 1.165) is 24.2 Å². The lowest BCUT2D eigenvalue weighted by Crippen LogP contribution is -2.40. The fourth-order valence-electron chi connectivity index (χ4n) is 2.26. The van der Waals surface area contributed by atoms with Crippen LogP contribution in [0.5, 0.6) is 0 Å². The van der Waals surface area contributed by atoms with E-state index in [1.807, 2.05) is 6.92 Å². The van der Waals surface area contributed by atoms with Crippen molar-refractivity contribution in [1.82, 2.24) is 20.1 Å². The van der Waals surface area contributed by atoms with Crippen LogP contribution in [0.2, 0.25) is 0 Å². The zero-order chi connectivity index (χ0) is 20.0. The number of carbonyl (C=O) groups is 2. The molecular formula is C16H19N5O5S. The summed E-state index contributed by atoms with van der Waals surface area (Å²) in [5, 5.41) is 31.1. The number of rotatable bonds is 9. The molecule has 1 unspecified atom stereocenters. The van der Waals surface area contributed by atoms with E-state index in [9.17, 15) is 24.8 Å². The van der Waals surface area contributed by atoms with Gasteiger partial charge in [-0.05, 0) is 30.3 Å². The summed E-state index contributed by atoms with van der Waals surface area (Å²) in [6, 6.07) is 2.95. The van der Waals surface area contributed by atoms with Gasteiger partial charge in [0.15, 0.2) is 5.16 Å². The van der Waals surface area contributed by atoms with Gasteiger partial charge in [0.1, 0.15) is 12.4 Å². The molecule has 0 saturated heterocycles. The molecule has 0 fully saturated rings. The number of nitro groups is 1. The Hall–Kier alpha value is -2.95. The number of carboxylic acid groups (broad SMARTS) is 1. The predicted octanol–water partition coefficient (Wildman–Crippen LogP) is 2.25. The summed E-state index contributed by atoms with van der Waals surface area (Å²) in [7, 11) is 1.71. The van der Waals surface area contributed by atoms with Crippen molar-refractivity contribution in [1.29, 1.82) is 0 Å². The van der Waals surface area contributed by atoms with Crippen molar-refractivity contribution >= 4 is 29.3 Å². The van der Waals surface area contributed by atoms with Crippen LogP contribution in [-0.4, -0.2) is 42.7 Å². The summed E-state index contributed by atoms with van der Waals surface area (Å²) in [6.45, 7) is 1.91. The van der Waals surface area contributed by atoms with E-state index in [2.05, 4.69) is 15.5 Å². The third-order valence-electron chi connectivity index (χ3n) is 3.74. The van der Waals surface area contributed by atoms with E-state index in [-0.39, 0.29) is 11.3 Å². The highest BCUT2D eigenvalue weighted by Gasteiger charge is 2.23. The first-order valence-electron chi connectivity index (χ1n) is 8.17. The largest absolute Gasteiger partial charge is 0.480 e. The fourth-order valence-corrected chi connectivity index (χ4v) is 3.11. The monoisotopic (exact) mass is 393 g/mol. The van der Waals surface area contributed by atoms with Gasteiger partial charge in [-0.2, -0.15) is 0 Å². The Labute approximate surface area is 159 Å². The number of nitrogens with one attached hydrogen (secondary N) is 1. The molecular weight excluding hydrogens is 374 g/mol. The lowest BCUT2D eigenvalue weighted by Gasteiger charge is -2.14. The van der Waals surface area contributed by atoms with Crippen molar-refractivity contribution in [2.24, 2.45) is 7.05 Å². The summed E-state index contributed by atoms with van der Waals surface area (Å²) >= 11 is 1.05. The van der Waals surface area contributed by atoms with E-state index in [1.165, 1.54) is 18.5 Å². The molecule has 2 rings (SSSR count). The Morgan fingerprint density at radius 2 is 2.19 bits per heavy atom. The van der Waals surface area contributed by atoms with Crippen LogP contribution in [0.25, 0.3) is 0 Å². The second kappa shape index (κ2) is 9.12.